The first kappa shape index (κ1) is 19.1. The van der Waals surface area contributed by atoms with Crippen LogP contribution in [0.5, 0.6) is 11.5 Å². The maximum absolute atomic E-state index is 12.3. The Morgan fingerprint density at radius 3 is 2.57 bits per heavy atom. The summed E-state index contributed by atoms with van der Waals surface area (Å²) in [5.74, 6) is 0.862. The molecule has 3 rings (SSSR count). The zero-order valence-corrected chi connectivity index (χ0v) is 15.6. The van der Waals surface area contributed by atoms with Crippen molar-refractivity contribution in [1.82, 2.24) is 14.8 Å². The van der Waals surface area contributed by atoms with Crippen molar-refractivity contribution >= 4 is 11.6 Å². The van der Waals surface area contributed by atoms with Gasteiger partial charge in [-0.15, -0.1) is 0 Å². The molecule has 8 heteroatoms. The van der Waals surface area contributed by atoms with Gasteiger partial charge in [0, 0.05) is 5.56 Å². The second-order valence-electron chi connectivity index (χ2n) is 5.79. The van der Waals surface area contributed by atoms with Crippen molar-refractivity contribution in [2.24, 2.45) is 0 Å². The van der Waals surface area contributed by atoms with Crippen LogP contribution in [0, 0.1) is 0 Å². The molecule has 1 aromatic heterocycles. The Balaban J connectivity index is 1.72. The van der Waals surface area contributed by atoms with E-state index in [2.05, 4.69) is 15.4 Å². The molecule has 0 bridgehead atoms. The number of amides is 1. The molecule has 8 nitrogen and oxygen atoms in total. The fourth-order valence-corrected chi connectivity index (χ4v) is 2.55. The number of aromatic nitrogens is 3. The predicted molar refractivity (Wildman–Crippen MR) is 105 cm³/mol. The molecule has 0 saturated heterocycles. The lowest BCUT2D eigenvalue weighted by Gasteiger charge is -2.11. The Hall–Kier alpha value is -3.68. The van der Waals surface area contributed by atoms with Gasteiger partial charge in [-0.2, -0.15) is 10.1 Å². The van der Waals surface area contributed by atoms with Gasteiger partial charge in [0.1, 0.15) is 18.0 Å². The molecule has 0 fully saturated rings. The van der Waals surface area contributed by atoms with Gasteiger partial charge >= 0.3 is 5.69 Å². The van der Waals surface area contributed by atoms with E-state index in [1.54, 1.807) is 49.6 Å². The minimum Gasteiger partial charge on any atom is -0.497 e. The zero-order valence-electron chi connectivity index (χ0n) is 15.6. The molecule has 0 aliphatic rings. The fourth-order valence-electron chi connectivity index (χ4n) is 2.55. The second kappa shape index (κ2) is 8.81. The number of nitrogens with zero attached hydrogens (tertiary/aromatic N) is 3. The third-order valence-electron chi connectivity index (χ3n) is 3.90. The molecule has 0 unspecified atom stereocenters. The molecule has 0 spiro atoms. The highest BCUT2D eigenvalue weighted by atomic mass is 16.5. The van der Waals surface area contributed by atoms with E-state index in [-0.39, 0.29) is 6.54 Å². The first-order chi connectivity index (χ1) is 13.6. The lowest BCUT2D eigenvalue weighted by Crippen LogP contribution is -2.31. The van der Waals surface area contributed by atoms with Gasteiger partial charge in [-0.3, -0.25) is 4.79 Å². The van der Waals surface area contributed by atoms with Crippen molar-refractivity contribution in [3.63, 3.8) is 0 Å². The monoisotopic (exact) mass is 380 g/mol. The highest BCUT2D eigenvalue weighted by molar-refractivity contribution is 5.92. The van der Waals surface area contributed by atoms with Crippen LogP contribution in [-0.2, 0) is 11.3 Å². The van der Waals surface area contributed by atoms with Gasteiger partial charge in [-0.1, -0.05) is 12.1 Å². The molecule has 28 heavy (non-hydrogen) atoms. The molecule has 1 heterocycles. The zero-order chi connectivity index (χ0) is 19.9. The van der Waals surface area contributed by atoms with Crippen molar-refractivity contribution in [2.45, 2.75) is 13.5 Å². The number of rotatable bonds is 7. The predicted octanol–water partition coefficient (Wildman–Crippen LogP) is 2.35. The summed E-state index contributed by atoms with van der Waals surface area (Å²) in [5, 5.41) is 6.78. The SMILES string of the molecule is CCOc1ccccc1NC(=O)Cn1ncc(-c2ccc(OC)cc2)nc1=O. The summed E-state index contributed by atoms with van der Waals surface area (Å²) in [6.45, 7) is 2.08. The minimum atomic E-state index is -0.610. The van der Waals surface area contributed by atoms with E-state index in [1.807, 2.05) is 13.0 Å². The van der Waals surface area contributed by atoms with Crippen molar-refractivity contribution in [2.75, 3.05) is 19.0 Å². The van der Waals surface area contributed by atoms with Crippen LogP contribution in [-0.4, -0.2) is 34.4 Å². The molecule has 0 aliphatic heterocycles. The molecule has 0 aliphatic carbocycles. The third kappa shape index (κ3) is 4.53. The van der Waals surface area contributed by atoms with Crippen LogP contribution >= 0.6 is 0 Å². The highest BCUT2D eigenvalue weighted by Gasteiger charge is 2.11. The van der Waals surface area contributed by atoms with E-state index in [0.717, 1.165) is 10.2 Å². The Bertz CT molecular complexity index is 1020. The minimum absolute atomic E-state index is 0.255. The second-order valence-corrected chi connectivity index (χ2v) is 5.79. The largest absolute Gasteiger partial charge is 0.497 e. The summed E-state index contributed by atoms with van der Waals surface area (Å²) < 4.78 is 11.6. The quantitative estimate of drug-likeness (QED) is 0.676. The van der Waals surface area contributed by atoms with E-state index < -0.39 is 11.6 Å². The Labute approximate surface area is 161 Å². The number of anilines is 1. The van der Waals surface area contributed by atoms with Gasteiger partial charge in [-0.25, -0.2) is 9.48 Å². The molecule has 1 amide bonds. The first-order valence-corrected chi connectivity index (χ1v) is 8.71. The van der Waals surface area contributed by atoms with Crippen molar-refractivity contribution in [3.8, 4) is 22.8 Å². The van der Waals surface area contributed by atoms with Crippen LogP contribution in [0.3, 0.4) is 0 Å². The lowest BCUT2D eigenvalue weighted by molar-refractivity contribution is -0.117. The number of methoxy groups -OCH3 is 1. The van der Waals surface area contributed by atoms with Crippen LogP contribution in [0.4, 0.5) is 5.69 Å². The summed E-state index contributed by atoms with van der Waals surface area (Å²) in [6.07, 6.45) is 1.45. The van der Waals surface area contributed by atoms with Gasteiger partial charge in [0.25, 0.3) is 0 Å². The maximum atomic E-state index is 12.3. The summed E-state index contributed by atoms with van der Waals surface area (Å²) in [7, 11) is 1.58. The molecule has 2 aromatic carbocycles. The number of nitrogens with one attached hydrogen (secondary N) is 1. The van der Waals surface area contributed by atoms with Crippen LogP contribution < -0.4 is 20.5 Å². The van der Waals surface area contributed by atoms with E-state index >= 15 is 0 Å². The molecular weight excluding hydrogens is 360 g/mol. The van der Waals surface area contributed by atoms with Gasteiger partial charge in [0.05, 0.1) is 31.3 Å². The van der Waals surface area contributed by atoms with Crippen LogP contribution in [0.1, 0.15) is 6.92 Å². The fraction of sp³-hybridized carbons (Fsp3) is 0.200. The normalized spacial score (nSPS) is 10.4. The molecule has 144 valence electrons. The van der Waals surface area contributed by atoms with Crippen molar-refractivity contribution in [3.05, 3.63) is 65.2 Å². The van der Waals surface area contributed by atoms with E-state index in [0.29, 0.717) is 29.5 Å². The van der Waals surface area contributed by atoms with E-state index in [1.165, 1.54) is 6.20 Å². The smallest absolute Gasteiger partial charge is 0.365 e. The number of para-hydroxylation sites is 2. The molecule has 0 radical (unpaired) electrons. The molecule has 0 atom stereocenters. The van der Waals surface area contributed by atoms with Gasteiger partial charge < -0.3 is 14.8 Å². The summed E-state index contributed by atoms with van der Waals surface area (Å²) in [5.41, 5.74) is 1.07. The summed E-state index contributed by atoms with van der Waals surface area (Å²) in [6, 6.07) is 14.2. The number of carbonyl (C=O) groups is 1. The lowest BCUT2D eigenvalue weighted by atomic mass is 10.1. The third-order valence-corrected chi connectivity index (χ3v) is 3.90. The molecule has 0 saturated carbocycles. The van der Waals surface area contributed by atoms with Crippen LogP contribution in [0.2, 0.25) is 0 Å². The molecular formula is C20H20N4O4. The van der Waals surface area contributed by atoms with E-state index in [4.69, 9.17) is 9.47 Å². The first-order valence-electron chi connectivity index (χ1n) is 8.71. The number of ether oxygens (including phenoxy) is 2. The highest BCUT2D eigenvalue weighted by Crippen LogP contribution is 2.23. The molecule has 1 N–H and O–H groups in total. The van der Waals surface area contributed by atoms with Gasteiger partial charge in [0.15, 0.2) is 0 Å². The Morgan fingerprint density at radius 1 is 1.14 bits per heavy atom. The van der Waals surface area contributed by atoms with Crippen LogP contribution in [0.15, 0.2) is 59.5 Å². The van der Waals surface area contributed by atoms with Crippen LogP contribution in [0.25, 0.3) is 11.3 Å². The summed E-state index contributed by atoms with van der Waals surface area (Å²) in [4.78, 5) is 28.6. The summed E-state index contributed by atoms with van der Waals surface area (Å²) >= 11 is 0. The number of benzene rings is 2. The van der Waals surface area contributed by atoms with Crippen molar-refractivity contribution in [1.29, 1.82) is 0 Å². The number of carbonyl (C=O) groups excluding carboxylic acids is 1. The number of hydrogen-bond acceptors (Lipinski definition) is 6. The van der Waals surface area contributed by atoms with Crippen molar-refractivity contribution < 1.29 is 14.3 Å². The number of hydrogen-bond donors (Lipinski definition) is 1. The average molecular weight is 380 g/mol. The average Bonchev–Trinajstić information content (AvgIpc) is 2.71. The maximum Gasteiger partial charge on any atom is 0.365 e. The molecule has 3 aromatic rings. The van der Waals surface area contributed by atoms with Gasteiger partial charge in [0.2, 0.25) is 5.91 Å². The van der Waals surface area contributed by atoms with Gasteiger partial charge in [-0.05, 0) is 43.3 Å². The topological polar surface area (TPSA) is 95.3 Å². The standard InChI is InChI=1S/C20H20N4O4/c1-3-28-18-7-5-4-6-16(18)22-19(25)13-24-20(26)23-17(12-21-24)14-8-10-15(27-2)11-9-14/h4-12H,3,13H2,1-2H3,(H,22,25). The Morgan fingerprint density at radius 2 is 1.89 bits per heavy atom. The van der Waals surface area contributed by atoms with E-state index in [9.17, 15) is 9.59 Å². The Kier molecular flexibility index (Phi) is 6.01.